The molecule has 2 aromatic carbocycles. The molecule has 194 valence electrons. The van der Waals surface area contributed by atoms with Crippen LogP contribution in [0, 0.1) is 0 Å². The first-order chi connectivity index (χ1) is 17.3. The topological polar surface area (TPSA) is 72.1 Å². The summed E-state index contributed by atoms with van der Waals surface area (Å²) in [6, 6.07) is 8.11. The van der Waals surface area contributed by atoms with Gasteiger partial charge in [-0.3, -0.25) is 9.69 Å². The average Bonchev–Trinajstić information content (AvgIpc) is 2.85. The largest absolute Gasteiger partial charge is 0.507 e. The molecule has 36 heavy (non-hydrogen) atoms. The second kappa shape index (κ2) is 12.6. The Hall–Kier alpha value is -3.25. The summed E-state index contributed by atoms with van der Waals surface area (Å²) in [5.74, 6) is 0.691. The molecule has 0 spiro atoms. The fourth-order valence-electron chi connectivity index (χ4n) is 3.93. The molecule has 6 heteroatoms. The molecule has 1 aromatic heterocycles. The van der Waals surface area contributed by atoms with Gasteiger partial charge in [-0.25, -0.2) is 0 Å². The highest BCUT2D eigenvalue weighted by molar-refractivity contribution is 5.96. The number of nitrogens with zero attached hydrogens (tertiary/aromatic N) is 1. The molecule has 0 radical (unpaired) electrons. The minimum Gasteiger partial charge on any atom is -0.507 e. The molecule has 1 N–H and O–H groups in total. The zero-order chi connectivity index (χ0) is 26.1. The number of ether oxygens (including phenoxy) is 2. The van der Waals surface area contributed by atoms with Crippen molar-refractivity contribution in [3.8, 4) is 17.2 Å². The molecule has 0 atom stereocenters. The maximum Gasteiger partial charge on any atom is 0.205 e. The van der Waals surface area contributed by atoms with Gasteiger partial charge >= 0.3 is 0 Å². The van der Waals surface area contributed by atoms with Crippen LogP contribution in [0.4, 0.5) is 0 Å². The van der Waals surface area contributed by atoms with Crippen molar-refractivity contribution >= 4 is 21.9 Å². The van der Waals surface area contributed by atoms with E-state index in [-0.39, 0.29) is 27.7 Å². The lowest BCUT2D eigenvalue weighted by atomic mass is 10.1. The summed E-state index contributed by atoms with van der Waals surface area (Å²) >= 11 is 0. The fourth-order valence-corrected chi connectivity index (χ4v) is 3.93. The molecule has 3 rings (SSSR count). The second-order valence-corrected chi connectivity index (χ2v) is 9.55. The molecule has 0 saturated carbocycles. The number of hydrogen-bond acceptors (Lipinski definition) is 6. The van der Waals surface area contributed by atoms with Crippen LogP contribution in [0.2, 0.25) is 0 Å². The van der Waals surface area contributed by atoms with E-state index in [4.69, 9.17) is 13.9 Å². The van der Waals surface area contributed by atoms with Crippen molar-refractivity contribution < 1.29 is 19.0 Å². The molecule has 0 aliphatic carbocycles. The monoisotopic (exact) mass is 493 g/mol. The highest BCUT2D eigenvalue weighted by Gasteiger charge is 2.22. The van der Waals surface area contributed by atoms with Crippen molar-refractivity contribution in [2.45, 2.75) is 59.0 Å². The molecule has 3 aromatic rings. The number of phenolic OH excluding ortho intramolecular Hbond substituents is 1. The summed E-state index contributed by atoms with van der Waals surface area (Å²) in [5, 5.41) is 10.7. The number of rotatable bonds is 14. The summed E-state index contributed by atoms with van der Waals surface area (Å²) in [6.07, 6.45) is 10.5. The van der Waals surface area contributed by atoms with Crippen molar-refractivity contribution in [1.29, 1.82) is 0 Å². The van der Waals surface area contributed by atoms with E-state index in [1.165, 1.54) is 31.7 Å². The van der Waals surface area contributed by atoms with Crippen LogP contribution in [0.3, 0.4) is 0 Å². The number of unbranched alkanes of at least 4 members (excludes halogenated alkanes) is 2. The van der Waals surface area contributed by atoms with Gasteiger partial charge in [0.15, 0.2) is 11.3 Å². The number of aromatic hydroxyl groups is 1. The molecule has 6 nitrogen and oxygen atoms in total. The van der Waals surface area contributed by atoms with E-state index in [9.17, 15) is 9.90 Å². The third kappa shape index (κ3) is 6.70. The van der Waals surface area contributed by atoms with E-state index in [0.29, 0.717) is 23.5 Å². The molecule has 1 heterocycles. The zero-order valence-corrected chi connectivity index (χ0v) is 22.0. The van der Waals surface area contributed by atoms with E-state index in [2.05, 4.69) is 31.4 Å². The van der Waals surface area contributed by atoms with Crippen LogP contribution in [0.25, 0.3) is 21.9 Å². The van der Waals surface area contributed by atoms with Crippen LogP contribution in [-0.2, 0) is 0 Å². The van der Waals surface area contributed by atoms with Crippen molar-refractivity contribution in [2.75, 3.05) is 26.2 Å². The van der Waals surface area contributed by atoms with Crippen LogP contribution < -0.4 is 14.9 Å². The van der Waals surface area contributed by atoms with Gasteiger partial charge < -0.3 is 19.0 Å². The highest BCUT2D eigenvalue weighted by atomic mass is 16.5. The van der Waals surface area contributed by atoms with Crippen molar-refractivity contribution in [1.82, 2.24) is 4.90 Å². The Labute approximate surface area is 213 Å². The van der Waals surface area contributed by atoms with Crippen LogP contribution in [-0.4, -0.2) is 41.8 Å². The van der Waals surface area contributed by atoms with E-state index in [0.717, 1.165) is 19.6 Å². The quantitative estimate of drug-likeness (QED) is 0.196. The Balaban J connectivity index is 1.92. The predicted molar refractivity (Wildman–Crippen MR) is 147 cm³/mol. The number of hydrogen-bond donors (Lipinski definition) is 1. The lowest BCUT2D eigenvalue weighted by Gasteiger charge is -2.24. The maximum atomic E-state index is 13.2. The van der Waals surface area contributed by atoms with Gasteiger partial charge in [0, 0.05) is 6.54 Å². The molecule has 0 bridgehead atoms. The molecule has 0 aliphatic heterocycles. The molecule has 0 saturated heterocycles. The first-order valence-corrected chi connectivity index (χ1v) is 12.9. The van der Waals surface area contributed by atoms with E-state index in [1.807, 2.05) is 19.9 Å². The van der Waals surface area contributed by atoms with Crippen LogP contribution in [0.5, 0.6) is 17.2 Å². The van der Waals surface area contributed by atoms with Crippen LogP contribution in [0.15, 0.2) is 64.4 Å². The molecule has 0 unspecified atom stereocenters. The third-order valence-corrected chi connectivity index (χ3v) is 6.14. The van der Waals surface area contributed by atoms with Gasteiger partial charge in [-0.1, -0.05) is 51.5 Å². The van der Waals surface area contributed by atoms with Crippen molar-refractivity contribution in [3.63, 3.8) is 0 Å². The Bertz CT molecular complexity index is 1250. The summed E-state index contributed by atoms with van der Waals surface area (Å²) in [5.41, 5.74) is -0.399. The Morgan fingerprint density at radius 1 is 1.08 bits per heavy atom. The lowest BCUT2D eigenvalue weighted by Crippen LogP contribution is -2.26. The van der Waals surface area contributed by atoms with Gasteiger partial charge in [0.2, 0.25) is 11.2 Å². The maximum absolute atomic E-state index is 13.2. The van der Waals surface area contributed by atoms with E-state index >= 15 is 0 Å². The van der Waals surface area contributed by atoms with Crippen molar-refractivity contribution in [3.05, 3.63) is 65.4 Å². The average molecular weight is 494 g/mol. The van der Waals surface area contributed by atoms with Gasteiger partial charge in [0.05, 0.1) is 5.39 Å². The minimum absolute atomic E-state index is 0.114. The SMILES string of the molecule is C=CC(C)(C)Oc1ccc2c(=O)c3c(O)cccc3oc2c1OC/C=C/CN(CCCC)CCCC. The molecule has 0 fully saturated rings. The van der Waals surface area contributed by atoms with Gasteiger partial charge in [-0.05, 0) is 70.1 Å². The minimum atomic E-state index is -0.657. The summed E-state index contributed by atoms with van der Waals surface area (Å²) in [6.45, 7) is 15.4. The first kappa shape index (κ1) is 27.3. The van der Waals surface area contributed by atoms with E-state index in [1.54, 1.807) is 30.3 Å². The molecular formula is C30H39NO5. The second-order valence-electron chi connectivity index (χ2n) is 9.55. The van der Waals surface area contributed by atoms with Crippen LogP contribution in [0.1, 0.15) is 53.4 Å². The Kier molecular flexibility index (Phi) is 9.59. The normalized spacial score (nSPS) is 12.1. The number of fused-ring (bicyclic) bond motifs is 2. The van der Waals surface area contributed by atoms with E-state index < -0.39 is 5.60 Å². The lowest BCUT2D eigenvalue weighted by molar-refractivity contribution is 0.154. The van der Waals surface area contributed by atoms with Gasteiger partial charge in [0.1, 0.15) is 28.9 Å². The molecule has 0 aliphatic rings. The fraction of sp³-hybridized carbons (Fsp3) is 0.433. The first-order valence-electron chi connectivity index (χ1n) is 12.9. The molecular weight excluding hydrogens is 454 g/mol. The van der Waals surface area contributed by atoms with Crippen LogP contribution >= 0.6 is 0 Å². The predicted octanol–water partition coefficient (Wildman–Crippen LogP) is 6.83. The molecule has 0 amide bonds. The number of phenols is 1. The van der Waals surface area contributed by atoms with Crippen molar-refractivity contribution in [2.24, 2.45) is 0 Å². The highest BCUT2D eigenvalue weighted by Crippen LogP contribution is 2.39. The summed E-state index contributed by atoms with van der Waals surface area (Å²) < 4.78 is 18.4. The van der Waals surface area contributed by atoms with Gasteiger partial charge in [-0.15, -0.1) is 0 Å². The Morgan fingerprint density at radius 2 is 1.81 bits per heavy atom. The zero-order valence-electron chi connectivity index (χ0n) is 22.0. The number of benzene rings is 2. The Morgan fingerprint density at radius 3 is 2.47 bits per heavy atom. The summed E-state index contributed by atoms with van der Waals surface area (Å²) in [4.78, 5) is 15.6. The smallest absolute Gasteiger partial charge is 0.205 e. The van der Waals surface area contributed by atoms with Gasteiger partial charge in [-0.2, -0.15) is 0 Å². The third-order valence-electron chi connectivity index (χ3n) is 6.14. The standard InChI is InChI=1S/C30H39NO5/c1-6-9-18-31(19-10-7-2)20-11-12-21-34-29-25(36-30(4,5)8-3)17-16-22-27(33)26-23(32)14-13-15-24(26)35-28(22)29/h8,11-17,32H,3,6-7,9-10,18-21H2,1-2,4-5H3/b12-11+. The van der Waals surface area contributed by atoms with Gasteiger partial charge in [0.25, 0.3) is 0 Å². The summed E-state index contributed by atoms with van der Waals surface area (Å²) in [7, 11) is 0.